The number of ketones is 1. The maximum Gasteiger partial charge on any atom is 0.469 e. The second-order valence-electron chi connectivity index (χ2n) is 8.65. The molecule has 0 saturated carbocycles. The van der Waals surface area contributed by atoms with Gasteiger partial charge in [0.15, 0.2) is 5.78 Å². The summed E-state index contributed by atoms with van der Waals surface area (Å²) < 4.78 is 27.8. The molecular formula is C22H36N3O8PSi. The minimum Gasteiger partial charge on any atom is -0.428 e. The fourth-order valence-corrected chi connectivity index (χ4v) is 4.57. The van der Waals surface area contributed by atoms with E-state index in [0.717, 1.165) is 10.9 Å². The number of nitrogens with zero attached hydrogens (tertiary/aromatic N) is 3. The topological polar surface area (TPSA) is 153 Å². The highest BCUT2D eigenvalue weighted by Crippen LogP contribution is 2.35. The van der Waals surface area contributed by atoms with Crippen LogP contribution in [-0.4, -0.2) is 76.7 Å². The van der Waals surface area contributed by atoms with Crippen molar-refractivity contribution in [1.82, 2.24) is 15.0 Å². The van der Waals surface area contributed by atoms with Crippen LogP contribution >= 0.6 is 7.82 Å². The highest BCUT2D eigenvalue weighted by molar-refractivity contribution is 7.46. The van der Waals surface area contributed by atoms with Gasteiger partial charge < -0.3 is 24.1 Å². The van der Waals surface area contributed by atoms with Gasteiger partial charge in [-0.1, -0.05) is 23.4 Å². The number of hydrogen-bond donors (Lipinski definition) is 3. The van der Waals surface area contributed by atoms with Crippen LogP contribution < -0.4 is 5.19 Å². The summed E-state index contributed by atoms with van der Waals surface area (Å²) in [4.78, 5) is 39.8. The predicted octanol–water partition coefficient (Wildman–Crippen LogP) is 1.81. The molecular weight excluding hydrogens is 493 g/mol. The van der Waals surface area contributed by atoms with Gasteiger partial charge in [0.05, 0.1) is 38.7 Å². The third-order valence-corrected chi connectivity index (χ3v) is 7.34. The molecule has 0 bridgehead atoms. The molecule has 0 aliphatic rings. The van der Waals surface area contributed by atoms with Crippen LogP contribution in [0.15, 0.2) is 30.5 Å². The lowest BCUT2D eigenvalue weighted by Crippen LogP contribution is -2.41. The first-order chi connectivity index (χ1) is 16.5. The zero-order valence-electron chi connectivity index (χ0n) is 20.3. The smallest absolute Gasteiger partial charge is 0.428 e. The first kappa shape index (κ1) is 29.5. The lowest BCUT2D eigenvalue weighted by atomic mass is 10.1. The number of aryl methyl sites for hydroxylation is 1. The molecule has 13 heteroatoms. The molecule has 0 unspecified atom stereocenters. The lowest BCUT2D eigenvalue weighted by molar-refractivity contribution is 0.0423. The molecule has 0 saturated heterocycles. The van der Waals surface area contributed by atoms with E-state index in [1.54, 1.807) is 16.8 Å². The van der Waals surface area contributed by atoms with Crippen LogP contribution in [0, 0.1) is 0 Å². The second-order valence-corrected chi connectivity index (χ2v) is 13.6. The van der Waals surface area contributed by atoms with Gasteiger partial charge in [-0.2, -0.15) is 0 Å². The summed E-state index contributed by atoms with van der Waals surface area (Å²) in [5.74, 6) is 0.0478. The summed E-state index contributed by atoms with van der Waals surface area (Å²) in [6, 6.07) is 7.26. The number of ether oxygens (including phenoxy) is 2. The highest BCUT2D eigenvalue weighted by atomic mass is 31.2. The van der Waals surface area contributed by atoms with E-state index in [1.807, 2.05) is 31.4 Å². The maximum atomic E-state index is 12.4. The molecule has 35 heavy (non-hydrogen) atoms. The number of carbonyl (C=O) groups is 1. The summed E-state index contributed by atoms with van der Waals surface area (Å²) in [6.07, 6.45) is 4.69. The summed E-state index contributed by atoms with van der Waals surface area (Å²) in [5, 5.41) is 8.95. The summed E-state index contributed by atoms with van der Waals surface area (Å²) in [6.45, 7) is 6.02. The van der Waals surface area contributed by atoms with Crippen molar-refractivity contribution < 1.29 is 37.9 Å². The number of Topliss-reactive ketones (excluding diaryl/α,β-unsaturated/α-hetero) is 1. The molecule has 0 spiro atoms. The number of benzene rings is 1. The minimum absolute atomic E-state index is 0.00286. The Morgan fingerprint density at radius 2 is 1.80 bits per heavy atom. The molecule has 0 atom stereocenters. The van der Waals surface area contributed by atoms with Gasteiger partial charge in [-0.3, -0.25) is 9.32 Å². The Bertz CT molecular complexity index is 960. The molecule has 1 aromatic heterocycles. The molecule has 3 N–H and O–H groups in total. The third kappa shape index (κ3) is 12.7. The van der Waals surface area contributed by atoms with Crippen LogP contribution in [0.2, 0.25) is 13.1 Å². The molecule has 0 aliphatic carbocycles. The molecule has 0 fully saturated rings. The van der Waals surface area contributed by atoms with Gasteiger partial charge in [0.1, 0.15) is 0 Å². The lowest BCUT2D eigenvalue weighted by Gasteiger charge is -2.15. The third-order valence-electron chi connectivity index (χ3n) is 5.09. The van der Waals surface area contributed by atoms with Crippen LogP contribution in [0.4, 0.5) is 0 Å². The molecule has 1 heterocycles. The van der Waals surface area contributed by atoms with E-state index in [2.05, 4.69) is 14.8 Å². The summed E-state index contributed by atoms with van der Waals surface area (Å²) >= 11 is 0. The number of phosphoric acid groups is 1. The molecule has 0 aliphatic heterocycles. The normalized spacial score (nSPS) is 12.3. The summed E-state index contributed by atoms with van der Waals surface area (Å²) in [7, 11) is -6.83. The fourth-order valence-electron chi connectivity index (χ4n) is 3.19. The highest BCUT2D eigenvalue weighted by Gasteiger charge is 2.21. The molecule has 196 valence electrons. The van der Waals surface area contributed by atoms with Crippen molar-refractivity contribution in [1.29, 1.82) is 0 Å². The van der Waals surface area contributed by atoms with Crippen molar-refractivity contribution in [3.05, 3.63) is 41.7 Å². The Morgan fingerprint density at radius 3 is 2.51 bits per heavy atom. The number of hydrogen-bond acceptors (Lipinski definition) is 8. The van der Waals surface area contributed by atoms with E-state index >= 15 is 0 Å². The number of unbranched alkanes of at least 4 members (excludes halogenated alkanes) is 1. The van der Waals surface area contributed by atoms with Gasteiger partial charge in [-0.15, -0.1) is 5.10 Å². The Morgan fingerprint density at radius 1 is 1.06 bits per heavy atom. The van der Waals surface area contributed by atoms with Crippen molar-refractivity contribution in [3.8, 4) is 0 Å². The number of phosphoric ester groups is 1. The molecule has 2 aromatic rings. The van der Waals surface area contributed by atoms with Crippen molar-refractivity contribution >= 4 is 27.1 Å². The standard InChI is InChI=1S/C22H36N3O8PSi/c1-35(2,30)21-9-5-7-19(17-21)22(26)10-6-12-31-15-16-32-14-11-25-18-20(23-24-25)8-3-4-13-33-34(27,28)29/h5,7,9,17-18,30H,3-4,6,8,10-16H2,1-2H3,(H2,27,28,29). The Kier molecular flexibility index (Phi) is 12.4. The van der Waals surface area contributed by atoms with Crippen molar-refractivity contribution in [2.45, 2.75) is 51.7 Å². The van der Waals surface area contributed by atoms with E-state index in [-0.39, 0.29) is 12.4 Å². The van der Waals surface area contributed by atoms with Gasteiger partial charge in [0.2, 0.25) is 8.32 Å². The van der Waals surface area contributed by atoms with Crippen molar-refractivity contribution in [2.24, 2.45) is 0 Å². The first-order valence-electron chi connectivity index (χ1n) is 11.7. The predicted molar refractivity (Wildman–Crippen MR) is 132 cm³/mol. The van der Waals surface area contributed by atoms with Gasteiger partial charge in [-0.05, 0) is 50.0 Å². The largest absolute Gasteiger partial charge is 0.469 e. The van der Waals surface area contributed by atoms with E-state index in [4.69, 9.17) is 19.3 Å². The maximum absolute atomic E-state index is 12.4. The van der Waals surface area contributed by atoms with Crippen LogP contribution in [0.25, 0.3) is 0 Å². The SMILES string of the molecule is C[Si](C)(O)c1cccc(C(=O)CCCOCCOCCn2cc(CCCCOP(=O)(O)O)nn2)c1. The van der Waals surface area contributed by atoms with E-state index < -0.39 is 16.1 Å². The molecule has 0 radical (unpaired) electrons. The Balaban J connectivity index is 1.48. The molecule has 0 amide bonds. The van der Waals surface area contributed by atoms with Crippen LogP contribution in [0.5, 0.6) is 0 Å². The Labute approximate surface area is 206 Å². The molecule has 11 nitrogen and oxygen atoms in total. The zero-order valence-corrected chi connectivity index (χ0v) is 22.2. The van der Waals surface area contributed by atoms with E-state index in [0.29, 0.717) is 70.6 Å². The average molecular weight is 530 g/mol. The van der Waals surface area contributed by atoms with E-state index in [1.165, 1.54) is 0 Å². The van der Waals surface area contributed by atoms with Gasteiger partial charge >= 0.3 is 7.82 Å². The quantitative estimate of drug-likeness (QED) is 0.113. The van der Waals surface area contributed by atoms with Crippen LogP contribution in [-0.2, 0) is 31.5 Å². The summed E-state index contributed by atoms with van der Waals surface area (Å²) in [5.41, 5.74) is 1.43. The number of carbonyl (C=O) groups excluding carboxylic acids is 1. The average Bonchev–Trinajstić information content (AvgIpc) is 3.24. The van der Waals surface area contributed by atoms with Gasteiger partial charge in [0, 0.05) is 24.8 Å². The molecule has 2 rings (SSSR count). The Hall–Kier alpha value is -1.76. The van der Waals surface area contributed by atoms with Gasteiger partial charge in [-0.25, -0.2) is 9.25 Å². The van der Waals surface area contributed by atoms with Crippen molar-refractivity contribution in [3.63, 3.8) is 0 Å². The second kappa shape index (κ2) is 14.7. The number of aromatic nitrogens is 3. The van der Waals surface area contributed by atoms with E-state index in [9.17, 15) is 14.2 Å². The van der Waals surface area contributed by atoms with Crippen LogP contribution in [0.1, 0.15) is 41.7 Å². The first-order valence-corrected chi connectivity index (χ1v) is 16.1. The fraction of sp³-hybridized carbons (Fsp3) is 0.591. The minimum atomic E-state index is -4.40. The van der Waals surface area contributed by atoms with Crippen LogP contribution in [0.3, 0.4) is 0 Å². The number of rotatable bonds is 18. The zero-order chi connectivity index (χ0) is 25.7. The van der Waals surface area contributed by atoms with Gasteiger partial charge in [0.25, 0.3) is 0 Å². The van der Waals surface area contributed by atoms with Crippen molar-refractivity contribution in [2.75, 3.05) is 33.0 Å². The molecule has 1 aromatic carbocycles. The monoisotopic (exact) mass is 529 g/mol.